The van der Waals surface area contributed by atoms with Crippen LogP contribution in [0.4, 0.5) is 0 Å². The van der Waals surface area contributed by atoms with Crippen molar-refractivity contribution < 1.29 is 45.2 Å². The second kappa shape index (κ2) is 8.16. The third kappa shape index (κ3) is 5.60. The van der Waals surface area contributed by atoms with Crippen LogP contribution < -0.4 is 21.0 Å². The molecule has 0 heterocycles. The molecule has 0 aliphatic rings. The molecule has 0 aliphatic carbocycles. The van der Waals surface area contributed by atoms with Gasteiger partial charge in [0, 0.05) is 0 Å². The monoisotopic (exact) mass is 397 g/mol. The van der Waals surface area contributed by atoms with Crippen LogP contribution >= 0.6 is 8.93 Å². The summed E-state index contributed by atoms with van der Waals surface area (Å²) in [5.74, 6) is -2.00. The van der Waals surface area contributed by atoms with Crippen LogP contribution in [0.3, 0.4) is 0 Å². The minimum absolute atomic E-state index is 0.0385. The van der Waals surface area contributed by atoms with Crippen molar-refractivity contribution in [3.63, 3.8) is 0 Å². The van der Waals surface area contributed by atoms with Gasteiger partial charge in [-0.15, -0.1) is 0 Å². The number of benzene rings is 1. The predicted molar refractivity (Wildman–Crippen MR) is 66.1 cm³/mol. The number of esters is 1. The molecule has 0 amide bonds. The first-order valence-corrected chi connectivity index (χ1v) is 8.69. The molecular formula is C12H12IO5S-. The maximum atomic E-state index is 11.6. The fourth-order valence-electron chi connectivity index (χ4n) is 1.32. The Morgan fingerprint density at radius 1 is 1.32 bits per heavy atom. The van der Waals surface area contributed by atoms with Crippen LogP contribution in [-0.2, 0) is 19.1 Å². The number of ether oxygens (including phenoxy) is 1. The zero-order valence-electron chi connectivity index (χ0n) is 10.7. The number of hydrogen-bond acceptors (Lipinski definition) is 5. The molecule has 0 aromatic heterocycles. The topological polar surface area (TPSA) is 80.7 Å². The molecule has 104 valence electrons. The summed E-state index contributed by atoms with van der Waals surface area (Å²) in [5, 5.41) is 8.83. The summed E-state index contributed by atoms with van der Waals surface area (Å²) in [6.45, 7) is 0. The number of carbonyl (C=O) groups is 3. The Bertz CT molecular complexity index is 482. The SMILES string of the molecule is [3H][I-]SC(=O)CCC(=O)O[C@H](C(=O)O)c1ccccc1. The van der Waals surface area contributed by atoms with Crippen molar-refractivity contribution in [3.8, 4) is 0 Å². The average molecular weight is 397 g/mol. The van der Waals surface area contributed by atoms with E-state index in [1.54, 1.807) is 30.3 Å². The molecule has 0 spiro atoms. The number of aliphatic carboxylic acids is 1. The van der Waals surface area contributed by atoms with E-state index in [0.29, 0.717) is 5.56 Å². The van der Waals surface area contributed by atoms with Gasteiger partial charge in [-0.05, 0) is 0 Å². The molecule has 0 fully saturated rings. The standard InChI is InChI=1S/C12H12IO5S/c13-19-10(15)7-6-9(14)18-11(12(16)17)8-4-2-1-3-5-8/h1-5,11,13H,6-7H2,(H,16,17)/q-1/t11-/m0/s1/i13T. The Labute approximate surface area is 126 Å². The molecule has 7 heteroatoms. The van der Waals surface area contributed by atoms with Crippen molar-refractivity contribution in [1.82, 2.24) is 0 Å². The van der Waals surface area contributed by atoms with Crippen LogP contribution in [-0.4, -0.2) is 22.8 Å². The van der Waals surface area contributed by atoms with Gasteiger partial charge in [-0.3, -0.25) is 0 Å². The van der Waals surface area contributed by atoms with Crippen LogP contribution in [0, 0.1) is 0 Å². The fraction of sp³-hybridized carbons (Fsp3) is 0.250. The van der Waals surface area contributed by atoms with Crippen molar-refractivity contribution in [1.29, 1.82) is 0.594 Å². The van der Waals surface area contributed by atoms with Crippen molar-refractivity contribution in [3.05, 3.63) is 35.9 Å². The van der Waals surface area contributed by atoms with Crippen LogP contribution in [0.5, 0.6) is 0 Å². The van der Waals surface area contributed by atoms with Gasteiger partial charge in [-0.2, -0.15) is 0 Å². The third-order valence-electron chi connectivity index (χ3n) is 2.20. The first kappa shape index (κ1) is 14.3. The molecule has 1 aromatic carbocycles. The molecule has 0 bridgehead atoms. The first-order valence-electron chi connectivity index (χ1n) is 5.71. The predicted octanol–water partition coefficient (Wildman–Crippen LogP) is -1.40. The second-order valence-electron chi connectivity index (χ2n) is 3.57. The van der Waals surface area contributed by atoms with Crippen LogP contribution in [0.15, 0.2) is 30.3 Å². The van der Waals surface area contributed by atoms with Crippen molar-refractivity contribution >= 4 is 26.0 Å². The molecule has 0 saturated carbocycles. The number of carboxylic acid groups (broad SMARTS) is 1. The number of rotatable bonds is 7. The van der Waals surface area contributed by atoms with Crippen molar-refractivity contribution in [2.45, 2.75) is 18.9 Å². The maximum absolute atomic E-state index is 11.6. The van der Waals surface area contributed by atoms with E-state index in [1.807, 2.05) is 0 Å². The number of hydrogen-bond donors (Lipinski definition) is 1. The Morgan fingerprint density at radius 3 is 2.58 bits per heavy atom. The molecule has 1 atom stereocenters. The zero-order valence-corrected chi connectivity index (χ0v) is 12.7. The van der Waals surface area contributed by atoms with E-state index >= 15 is 0 Å². The Balaban J connectivity index is 2.57. The van der Waals surface area contributed by atoms with E-state index in [0.717, 1.165) is 8.93 Å². The van der Waals surface area contributed by atoms with Gasteiger partial charge >= 0.3 is 127 Å². The van der Waals surface area contributed by atoms with Gasteiger partial charge in [0.25, 0.3) is 0 Å². The van der Waals surface area contributed by atoms with E-state index in [2.05, 4.69) is 0 Å². The van der Waals surface area contributed by atoms with Gasteiger partial charge in [-0.1, -0.05) is 0 Å². The molecule has 1 rings (SSSR count). The summed E-state index contributed by atoms with van der Waals surface area (Å²) in [5.41, 5.74) is 0.367. The molecule has 1 aromatic rings. The number of carbonyl (C=O) groups excluding carboxylic acids is 2. The van der Waals surface area contributed by atoms with Gasteiger partial charge in [-0.25, -0.2) is 0 Å². The summed E-state index contributed by atoms with van der Waals surface area (Å²) in [6, 6.07) is 8.13. The van der Waals surface area contributed by atoms with Gasteiger partial charge in [0.2, 0.25) is 0 Å². The fourth-order valence-corrected chi connectivity index (χ4v) is 2.16. The van der Waals surface area contributed by atoms with Crippen LogP contribution in [0.2, 0.25) is 0 Å². The zero-order chi connectivity index (χ0) is 15.0. The Morgan fingerprint density at radius 2 is 2.00 bits per heavy atom. The Hall–Kier alpha value is -1.09. The van der Waals surface area contributed by atoms with Crippen molar-refractivity contribution in [2.24, 2.45) is 0 Å². The van der Waals surface area contributed by atoms with E-state index in [4.69, 9.17) is 10.4 Å². The molecular weight excluding hydrogens is 383 g/mol. The number of carboxylic acids is 1. The van der Waals surface area contributed by atoms with Gasteiger partial charge in [0.15, 0.2) is 0 Å². The summed E-state index contributed by atoms with van der Waals surface area (Å²) >= 11 is -0.959. The van der Waals surface area contributed by atoms with Crippen molar-refractivity contribution in [2.75, 3.05) is 0 Å². The molecule has 5 nitrogen and oxygen atoms in total. The van der Waals surface area contributed by atoms with Gasteiger partial charge in [0.1, 0.15) is 0 Å². The van der Waals surface area contributed by atoms with Gasteiger partial charge in [0.05, 0.1) is 0 Å². The van der Waals surface area contributed by atoms with E-state index in [-0.39, 0.29) is 18.0 Å². The molecule has 19 heavy (non-hydrogen) atoms. The van der Waals surface area contributed by atoms with Crippen LogP contribution in [0.25, 0.3) is 0 Å². The summed E-state index contributed by atoms with van der Waals surface area (Å²) in [6.07, 6.45) is -1.58. The number of halogens is 1. The molecule has 1 N–H and O–H groups in total. The summed E-state index contributed by atoms with van der Waals surface area (Å²) in [7, 11) is 0.908. The van der Waals surface area contributed by atoms with E-state index in [9.17, 15) is 14.4 Å². The summed E-state index contributed by atoms with van der Waals surface area (Å²) < 4.78 is 11.8. The quantitative estimate of drug-likeness (QED) is 0.450. The average Bonchev–Trinajstić information content (AvgIpc) is 2.43. The first-order chi connectivity index (χ1) is 9.54. The van der Waals surface area contributed by atoms with Gasteiger partial charge < -0.3 is 0 Å². The Kier molecular flexibility index (Phi) is 6.15. The molecule has 0 unspecified atom stereocenters. The van der Waals surface area contributed by atoms with E-state index < -0.39 is 39.0 Å². The molecule has 0 aliphatic heterocycles. The minimum atomic E-state index is -1.37. The molecule has 0 saturated heterocycles. The van der Waals surface area contributed by atoms with E-state index in [1.165, 1.54) is 0 Å². The van der Waals surface area contributed by atoms with Crippen LogP contribution in [0.1, 0.15) is 24.5 Å². The third-order valence-corrected chi connectivity index (χ3v) is 4.05. The summed E-state index contributed by atoms with van der Waals surface area (Å²) in [4.78, 5) is 33.8. The molecule has 0 radical (unpaired) electrons. The second-order valence-corrected chi connectivity index (χ2v) is 5.50. The normalized spacial score (nSPS) is 12.5.